The lowest BCUT2D eigenvalue weighted by Crippen LogP contribution is -2.19. The minimum absolute atomic E-state index is 0.0321. The fourth-order valence-electron chi connectivity index (χ4n) is 3.25. The fourth-order valence-corrected chi connectivity index (χ4v) is 3.25. The number of benzene rings is 1. The molecule has 3 aromatic rings. The molecule has 1 aliphatic rings. The van der Waals surface area contributed by atoms with Crippen LogP contribution in [0.5, 0.6) is 5.88 Å². The molecule has 0 saturated heterocycles. The molecule has 0 atom stereocenters. The zero-order valence-electron chi connectivity index (χ0n) is 15.7. The van der Waals surface area contributed by atoms with Gasteiger partial charge in [0.05, 0.1) is 18.4 Å². The summed E-state index contributed by atoms with van der Waals surface area (Å²) in [5.41, 5.74) is 1.11. The number of ether oxygens (including phenoxy) is 1. The number of imidazole rings is 1. The van der Waals surface area contributed by atoms with Crippen LogP contribution in [0, 0.1) is 18.7 Å². The standard InChI is InChI=1S/C21H19F4N3O/c1-12-7-19(29-11-13-3-2-4-13)26-9-16(12)14-5-6-15(17(22)8-14)20-27-10-18(28-20)21(23,24)25/h5-10,13H,2-4,11H2,1H3,(H,27,28). The van der Waals surface area contributed by atoms with Crippen LogP contribution in [0.25, 0.3) is 22.5 Å². The maximum atomic E-state index is 14.6. The molecule has 1 aromatic carbocycles. The third-order valence-corrected chi connectivity index (χ3v) is 5.19. The van der Waals surface area contributed by atoms with Crippen molar-refractivity contribution in [2.45, 2.75) is 32.4 Å². The number of aromatic nitrogens is 3. The highest BCUT2D eigenvalue weighted by Crippen LogP contribution is 2.33. The van der Waals surface area contributed by atoms with Gasteiger partial charge in [-0.3, -0.25) is 0 Å². The van der Waals surface area contributed by atoms with E-state index in [4.69, 9.17) is 4.74 Å². The Balaban J connectivity index is 1.55. The van der Waals surface area contributed by atoms with E-state index in [0.29, 0.717) is 30.2 Å². The van der Waals surface area contributed by atoms with Gasteiger partial charge in [0.1, 0.15) is 17.3 Å². The van der Waals surface area contributed by atoms with E-state index in [-0.39, 0.29) is 11.4 Å². The number of rotatable bonds is 5. The smallest absolute Gasteiger partial charge is 0.432 e. The molecule has 1 aliphatic carbocycles. The fraction of sp³-hybridized carbons (Fsp3) is 0.333. The molecule has 1 N–H and O–H groups in total. The van der Waals surface area contributed by atoms with Crippen molar-refractivity contribution >= 4 is 0 Å². The van der Waals surface area contributed by atoms with Gasteiger partial charge in [-0.25, -0.2) is 14.4 Å². The highest BCUT2D eigenvalue weighted by molar-refractivity contribution is 5.70. The van der Waals surface area contributed by atoms with Crippen molar-refractivity contribution in [1.29, 1.82) is 0 Å². The Morgan fingerprint density at radius 2 is 1.90 bits per heavy atom. The normalized spacial score (nSPS) is 14.7. The first-order valence-corrected chi connectivity index (χ1v) is 9.33. The molecule has 0 aliphatic heterocycles. The number of nitrogens with one attached hydrogen (secondary N) is 1. The number of nitrogens with zero attached hydrogens (tertiary/aromatic N) is 2. The summed E-state index contributed by atoms with van der Waals surface area (Å²) in [6.45, 7) is 2.53. The zero-order valence-corrected chi connectivity index (χ0v) is 15.7. The molecule has 0 radical (unpaired) electrons. The number of alkyl halides is 3. The summed E-state index contributed by atoms with van der Waals surface area (Å²) in [5, 5.41) is 0. The van der Waals surface area contributed by atoms with E-state index in [0.717, 1.165) is 11.1 Å². The molecule has 0 spiro atoms. The molecule has 1 fully saturated rings. The topological polar surface area (TPSA) is 50.8 Å². The van der Waals surface area contributed by atoms with Crippen LogP contribution >= 0.6 is 0 Å². The molecule has 0 amide bonds. The summed E-state index contributed by atoms with van der Waals surface area (Å²) in [7, 11) is 0. The minimum atomic E-state index is -4.56. The van der Waals surface area contributed by atoms with Crippen molar-refractivity contribution in [2.75, 3.05) is 6.61 Å². The Morgan fingerprint density at radius 1 is 1.10 bits per heavy atom. The van der Waals surface area contributed by atoms with Crippen LogP contribution in [0.15, 0.2) is 36.7 Å². The van der Waals surface area contributed by atoms with Gasteiger partial charge in [0.25, 0.3) is 0 Å². The number of H-pyrrole nitrogens is 1. The maximum absolute atomic E-state index is 14.6. The summed E-state index contributed by atoms with van der Waals surface area (Å²) in [6, 6.07) is 6.11. The molecule has 152 valence electrons. The third-order valence-electron chi connectivity index (χ3n) is 5.19. The first kappa shape index (κ1) is 19.4. The highest BCUT2D eigenvalue weighted by Gasteiger charge is 2.33. The van der Waals surface area contributed by atoms with E-state index in [1.807, 2.05) is 13.0 Å². The summed E-state index contributed by atoms with van der Waals surface area (Å²) in [6.07, 6.45) is 1.32. The summed E-state index contributed by atoms with van der Waals surface area (Å²) < 4.78 is 58.5. The Labute approximate surface area is 165 Å². The first-order chi connectivity index (χ1) is 13.8. The number of aromatic amines is 1. The molecule has 2 aromatic heterocycles. The van der Waals surface area contributed by atoms with Crippen molar-refractivity contribution in [3.63, 3.8) is 0 Å². The molecule has 8 heteroatoms. The van der Waals surface area contributed by atoms with E-state index in [9.17, 15) is 17.6 Å². The Hall–Kier alpha value is -2.90. The second kappa shape index (κ2) is 7.50. The molecule has 4 rings (SSSR count). The molecular weight excluding hydrogens is 386 g/mol. The average Bonchev–Trinajstić information content (AvgIpc) is 3.10. The molecule has 29 heavy (non-hydrogen) atoms. The number of hydrogen-bond acceptors (Lipinski definition) is 3. The average molecular weight is 405 g/mol. The molecule has 4 nitrogen and oxygen atoms in total. The molecule has 0 bridgehead atoms. The lowest BCUT2D eigenvalue weighted by molar-refractivity contribution is -0.140. The van der Waals surface area contributed by atoms with E-state index in [1.165, 1.54) is 31.4 Å². The van der Waals surface area contributed by atoms with Crippen molar-refractivity contribution in [3.05, 3.63) is 53.7 Å². The van der Waals surface area contributed by atoms with Gasteiger partial charge in [-0.05, 0) is 48.9 Å². The number of halogens is 4. The number of aryl methyl sites for hydroxylation is 1. The van der Waals surface area contributed by atoms with Gasteiger partial charge in [-0.2, -0.15) is 13.2 Å². The highest BCUT2D eigenvalue weighted by atomic mass is 19.4. The second-order valence-corrected chi connectivity index (χ2v) is 7.28. The number of hydrogen-bond donors (Lipinski definition) is 1. The van der Waals surface area contributed by atoms with Crippen molar-refractivity contribution < 1.29 is 22.3 Å². The second-order valence-electron chi connectivity index (χ2n) is 7.28. The maximum Gasteiger partial charge on any atom is 0.432 e. The van der Waals surface area contributed by atoms with Crippen LogP contribution in [-0.4, -0.2) is 21.6 Å². The molecule has 1 saturated carbocycles. The van der Waals surface area contributed by atoms with Crippen LogP contribution in [0.1, 0.15) is 30.5 Å². The monoisotopic (exact) mass is 405 g/mol. The lowest BCUT2D eigenvalue weighted by Gasteiger charge is -2.24. The van der Waals surface area contributed by atoms with Crippen molar-refractivity contribution in [3.8, 4) is 28.4 Å². The van der Waals surface area contributed by atoms with Gasteiger partial charge in [0.15, 0.2) is 0 Å². The van der Waals surface area contributed by atoms with Gasteiger partial charge in [-0.15, -0.1) is 0 Å². The largest absolute Gasteiger partial charge is 0.477 e. The summed E-state index contributed by atoms with van der Waals surface area (Å²) >= 11 is 0. The van der Waals surface area contributed by atoms with Crippen LogP contribution in [0.2, 0.25) is 0 Å². The van der Waals surface area contributed by atoms with Crippen LogP contribution in [-0.2, 0) is 6.18 Å². The van der Waals surface area contributed by atoms with E-state index in [1.54, 1.807) is 12.3 Å². The van der Waals surface area contributed by atoms with Gasteiger partial charge in [0, 0.05) is 17.8 Å². The molecule has 2 heterocycles. The van der Waals surface area contributed by atoms with Crippen LogP contribution < -0.4 is 4.74 Å². The van der Waals surface area contributed by atoms with Crippen molar-refractivity contribution in [2.24, 2.45) is 5.92 Å². The molecule has 0 unspecified atom stereocenters. The SMILES string of the molecule is Cc1cc(OCC2CCC2)ncc1-c1ccc(-c2ncc(C(F)(F)F)[nH]2)c(F)c1. The summed E-state index contributed by atoms with van der Waals surface area (Å²) in [5.74, 6) is 0.287. The van der Waals surface area contributed by atoms with Gasteiger partial charge < -0.3 is 9.72 Å². The quantitative estimate of drug-likeness (QED) is 0.547. The van der Waals surface area contributed by atoms with E-state index >= 15 is 0 Å². The van der Waals surface area contributed by atoms with Gasteiger partial charge in [0.2, 0.25) is 5.88 Å². The van der Waals surface area contributed by atoms with E-state index in [2.05, 4.69) is 15.0 Å². The van der Waals surface area contributed by atoms with Gasteiger partial charge in [-0.1, -0.05) is 12.5 Å². The van der Waals surface area contributed by atoms with Gasteiger partial charge >= 0.3 is 6.18 Å². The number of pyridine rings is 1. The summed E-state index contributed by atoms with van der Waals surface area (Å²) in [4.78, 5) is 10.1. The Kier molecular flexibility index (Phi) is 5.02. The Morgan fingerprint density at radius 3 is 2.48 bits per heavy atom. The predicted octanol–water partition coefficient (Wildman–Crippen LogP) is 5.78. The van der Waals surface area contributed by atoms with Crippen LogP contribution in [0.3, 0.4) is 0 Å². The lowest BCUT2D eigenvalue weighted by atomic mass is 9.86. The molecular formula is C21H19F4N3O. The van der Waals surface area contributed by atoms with E-state index < -0.39 is 17.7 Å². The van der Waals surface area contributed by atoms with Crippen molar-refractivity contribution in [1.82, 2.24) is 15.0 Å². The third kappa shape index (κ3) is 4.11. The zero-order chi connectivity index (χ0) is 20.6. The minimum Gasteiger partial charge on any atom is -0.477 e. The van der Waals surface area contributed by atoms with Crippen LogP contribution in [0.4, 0.5) is 17.6 Å². The predicted molar refractivity (Wildman–Crippen MR) is 99.8 cm³/mol. The Bertz CT molecular complexity index is 1030. The first-order valence-electron chi connectivity index (χ1n) is 9.33.